The van der Waals surface area contributed by atoms with Crippen molar-refractivity contribution >= 4 is 16.0 Å². The molecular formula is C13H16N2O5S. The van der Waals surface area contributed by atoms with E-state index in [1.165, 1.54) is 31.3 Å². The number of hydrogen-bond acceptors (Lipinski definition) is 5. The molecule has 114 valence electrons. The Bertz CT molecular complexity index is 634. The Labute approximate surface area is 123 Å². The van der Waals surface area contributed by atoms with E-state index in [2.05, 4.69) is 0 Å². The summed E-state index contributed by atoms with van der Waals surface area (Å²) in [6.07, 6.45) is 0.0928. The quantitative estimate of drug-likeness (QED) is 0.807. The van der Waals surface area contributed by atoms with E-state index >= 15 is 0 Å². The predicted octanol–water partition coefficient (Wildman–Crippen LogP) is 1.07. The first-order chi connectivity index (χ1) is 9.78. The monoisotopic (exact) mass is 312 g/mol. The van der Waals surface area contributed by atoms with Gasteiger partial charge in [0.15, 0.2) is 6.61 Å². The lowest BCUT2D eigenvalue weighted by atomic mass is 10.3. The topological polar surface area (TPSA) is 108 Å². The SMILES string of the molecule is CC(CC#N)N(C)S(=O)(=O)c1ccc(OCC(=O)O)cc1. The van der Waals surface area contributed by atoms with Crippen molar-refractivity contribution in [2.45, 2.75) is 24.3 Å². The van der Waals surface area contributed by atoms with Gasteiger partial charge < -0.3 is 9.84 Å². The second kappa shape index (κ2) is 7.06. The minimum Gasteiger partial charge on any atom is -0.482 e. The number of carboxylic acids is 1. The predicted molar refractivity (Wildman–Crippen MR) is 74.2 cm³/mol. The van der Waals surface area contributed by atoms with E-state index < -0.39 is 28.6 Å². The van der Waals surface area contributed by atoms with Crippen molar-refractivity contribution < 1.29 is 23.1 Å². The third kappa shape index (κ3) is 4.44. The molecule has 8 heteroatoms. The molecule has 1 atom stereocenters. The maximum absolute atomic E-state index is 12.3. The molecule has 0 amide bonds. The number of carbonyl (C=O) groups is 1. The summed E-state index contributed by atoms with van der Waals surface area (Å²) in [6, 6.07) is 6.93. The van der Waals surface area contributed by atoms with Crippen LogP contribution < -0.4 is 4.74 Å². The van der Waals surface area contributed by atoms with E-state index in [9.17, 15) is 13.2 Å². The Morgan fingerprint density at radius 3 is 2.48 bits per heavy atom. The zero-order valence-electron chi connectivity index (χ0n) is 11.7. The van der Waals surface area contributed by atoms with Crippen LogP contribution in [0.25, 0.3) is 0 Å². The molecule has 1 unspecified atom stereocenters. The van der Waals surface area contributed by atoms with Gasteiger partial charge in [0.1, 0.15) is 5.75 Å². The Morgan fingerprint density at radius 1 is 1.43 bits per heavy atom. The molecule has 0 saturated carbocycles. The van der Waals surface area contributed by atoms with Crippen molar-refractivity contribution in [2.75, 3.05) is 13.7 Å². The molecule has 0 saturated heterocycles. The van der Waals surface area contributed by atoms with Gasteiger partial charge in [-0.05, 0) is 31.2 Å². The van der Waals surface area contributed by atoms with Gasteiger partial charge in [-0.25, -0.2) is 13.2 Å². The lowest BCUT2D eigenvalue weighted by molar-refractivity contribution is -0.139. The van der Waals surface area contributed by atoms with Gasteiger partial charge in [0.25, 0.3) is 0 Å². The highest BCUT2D eigenvalue weighted by Gasteiger charge is 2.25. The van der Waals surface area contributed by atoms with Crippen molar-refractivity contribution in [3.05, 3.63) is 24.3 Å². The molecule has 21 heavy (non-hydrogen) atoms. The minimum atomic E-state index is -3.70. The number of nitrogens with zero attached hydrogens (tertiary/aromatic N) is 2. The van der Waals surface area contributed by atoms with Crippen LogP contribution >= 0.6 is 0 Å². The van der Waals surface area contributed by atoms with Gasteiger partial charge in [-0.3, -0.25) is 0 Å². The van der Waals surface area contributed by atoms with E-state index in [0.29, 0.717) is 0 Å². The van der Waals surface area contributed by atoms with Crippen molar-refractivity contribution in [2.24, 2.45) is 0 Å². The van der Waals surface area contributed by atoms with E-state index in [1.54, 1.807) is 6.92 Å². The highest BCUT2D eigenvalue weighted by Crippen LogP contribution is 2.20. The van der Waals surface area contributed by atoms with Crippen LogP contribution in [-0.4, -0.2) is 43.5 Å². The molecule has 1 aromatic carbocycles. The molecule has 0 spiro atoms. The summed E-state index contributed by atoms with van der Waals surface area (Å²) in [5, 5.41) is 17.1. The van der Waals surface area contributed by atoms with Crippen LogP contribution in [0.5, 0.6) is 5.75 Å². The van der Waals surface area contributed by atoms with Crippen LogP contribution in [-0.2, 0) is 14.8 Å². The van der Waals surface area contributed by atoms with Gasteiger partial charge in [0.2, 0.25) is 10.0 Å². The van der Waals surface area contributed by atoms with Crippen LogP contribution in [0.3, 0.4) is 0 Å². The van der Waals surface area contributed by atoms with Crippen molar-refractivity contribution in [3.63, 3.8) is 0 Å². The summed E-state index contributed by atoms with van der Waals surface area (Å²) in [5.74, 6) is -0.846. The molecule has 1 rings (SSSR count). The Kier molecular flexibility index (Phi) is 5.69. The summed E-state index contributed by atoms with van der Waals surface area (Å²) in [4.78, 5) is 10.4. The van der Waals surface area contributed by atoms with Crippen LogP contribution in [0.15, 0.2) is 29.2 Å². The number of ether oxygens (including phenoxy) is 1. The van der Waals surface area contributed by atoms with Crippen LogP contribution in [0, 0.1) is 11.3 Å². The number of nitriles is 1. The molecule has 0 fully saturated rings. The summed E-state index contributed by atoms with van der Waals surface area (Å²) in [7, 11) is -2.29. The largest absolute Gasteiger partial charge is 0.482 e. The highest BCUT2D eigenvalue weighted by molar-refractivity contribution is 7.89. The van der Waals surface area contributed by atoms with Gasteiger partial charge in [0.05, 0.1) is 17.4 Å². The Hall–Kier alpha value is -2.11. The average Bonchev–Trinajstić information content (AvgIpc) is 2.45. The third-order valence-electron chi connectivity index (χ3n) is 2.87. The molecule has 0 aliphatic rings. The lowest BCUT2D eigenvalue weighted by Crippen LogP contribution is -2.34. The zero-order valence-corrected chi connectivity index (χ0v) is 12.5. The summed E-state index contributed by atoms with van der Waals surface area (Å²) in [6.45, 7) is 1.15. The molecule has 0 aliphatic heterocycles. The van der Waals surface area contributed by atoms with Crippen LogP contribution in [0.4, 0.5) is 0 Å². The molecule has 1 N–H and O–H groups in total. The van der Waals surface area contributed by atoms with Crippen molar-refractivity contribution in [1.82, 2.24) is 4.31 Å². The Morgan fingerprint density at radius 2 is 2.00 bits per heavy atom. The summed E-state index contributed by atoms with van der Waals surface area (Å²) in [5.41, 5.74) is 0. The fourth-order valence-electron chi connectivity index (χ4n) is 1.52. The van der Waals surface area contributed by atoms with Gasteiger partial charge in [-0.15, -0.1) is 0 Å². The summed E-state index contributed by atoms with van der Waals surface area (Å²) < 4.78 is 30.7. The van der Waals surface area contributed by atoms with Crippen LogP contribution in [0.1, 0.15) is 13.3 Å². The maximum Gasteiger partial charge on any atom is 0.341 e. The normalized spacial score (nSPS) is 12.7. The molecule has 0 bridgehead atoms. The number of aliphatic carboxylic acids is 1. The molecule has 0 aliphatic carbocycles. The summed E-state index contributed by atoms with van der Waals surface area (Å²) >= 11 is 0. The molecule has 7 nitrogen and oxygen atoms in total. The van der Waals surface area contributed by atoms with E-state index in [1.807, 2.05) is 6.07 Å². The van der Waals surface area contributed by atoms with Gasteiger partial charge in [0, 0.05) is 13.1 Å². The molecule has 0 radical (unpaired) electrons. The first kappa shape index (κ1) is 16.9. The fourth-order valence-corrected chi connectivity index (χ4v) is 2.88. The second-order valence-corrected chi connectivity index (χ2v) is 6.38. The Balaban J connectivity index is 2.90. The first-order valence-corrected chi connectivity index (χ1v) is 7.52. The number of carboxylic acid groups (broad SMARTS) is 1. The fraction of sp³-hybridized carbons (Fsp3) is 0.385. The van der Waals surface area contributed by atoms with E-state index in [0.717, 1.165) is 4.31 Å². The van der Waals surface area contributed by atoms with Gasteiger partial charge >= 0.3 is 5.97 Å². The lowest BCUT2D eigenvalue weighted by Gasteiger charge is -2.22. The van der Waals surface area contributed by atoms with Crippen molar-refractivity contribution in [3.8, 4) is 11.8 Å². The highest BCUT2D eigenvalue weighted by atomic mass is 32.2. The average molecular weight is 312 g/mol. The molecule has 1 aromatic rings. The molecular weight excluding hydrogens is 296 g/mol. The van der Waals surface area contributed by atoms with Gasteiger partial charge in [-0.1, -0.05) is 0 Å². The van der Waals surface area contributed by atoms with Crippen LogP contribution in [0.2, 0.25) is 0 Å². The standard InChI is InChI=1S/C13H16N2O5S/c1-10(7-8-14)15(2)21(18,19)12-5-3-11(4-6-12)20-9-13(16)17/h3-6,10H,7,9H2,1-2H3,(H,16,17). The van der Waals surface area contributed by atoms with E-state index in [-0.39, 0.29) is 17.1 Å². The smallest absolute Gasteiger partial charge is 0.341 e. The zero-order chi connectivity index (χ0) is 16.0. The number of hydrogen-bond donors (Lipinski definition) is 1. The minimum absolute atomic E-state index is 0.0532. The third-order valence-corrected chi connectivity index (χ3v) is 4.86. The first-order valence-electron chi connectivity index (χ1n) is 6.08. The molecule has 0 heterocycles. The number of sulfonamides is 1. The second-order valence-electron chi connectivity index (χ2n) is 4.39. The van der Waals surface area contributed by atoms with Crippen molar-refractivity contribution in [1.29, 1.82) is 5.26 Å². The number of rotatable bonds is 7. The van der Waals surface area contributed by atoms with E-state index in [4.69, 9.17) is 15.1 Å². The molecule has 0 aromatic heterocycles. The number of benzene rings is 1. The maximum atomic E-state index is 12.3. The van der Waals surface area contributed by atoms with Gasteiger partial charge in [-0.2, -0.15) is 9.57 Å².